The highest BCUT2D eigenvalue weighted by Gasteiger charge is 2.08. The summed E-state index contributed by atoms with van der Waals surface area (Å²) in [7, 11) is 0. The number of aromatic nitrogens is 3. The lowest BCUT2D eigenvalue weighted by molar-refractivity contribution is 0.625. The van der Waals surface area contributed by atoms with Gasteiger partial charge in [-0.25, -0.2) is 4.39 Å². The SMILES string of the molecule is O=c1cnn2c(=O)c(=Cc3c(F)cccc3Cl)sc2n1. The number of rotatable bonds is 1. The molecule has 2 heterocycles. The van der Waals surface area contributed by atoms with Crippen molar-refractivity contribution in [1.82, 2.24) is 14.6 Å². The second kappa shape index (κ2) is 4.77. The summed E-state index contributed by atoms with van der Waals surface area (Å²) < 4.78 is 14.9. The lowest BCUT2D eigenvalue weighted by Gasteiger charge is -1.97. The number of thiazole rings is 1. The highest BCUT2D eigenvalue weighted by Crippen LogP contribution is 2.19. The van der Waals surface area contributed by atoms with Gasteiger partial charge in [-0.3, -0.25) is 9.59 Å². The van der Waals surface area contributed by atoms with Gasteiger partial charge in [0.25, 0.3) is 11.1 Å². The van der Waals surface area contributed by atoms with Crippen LogP contribution in [0.5, 0.6) is 0 Å². The molecular formula is C12H5ClFN3O2S. The van der Waals surface area contributed by atoms with Crippen molar-refractivity contribution in [3.63, 3.8) is 0 Å². The Kier molecular flexibility index (Phi) is 3.07. The molecule has 8 heteroatoms. The molecule has 20 heavy (non-hydrogen) atoms. The molecule has 5 nitrogen and oxygen atoms in total. The number of hydrogen-bond donors (Lipinski definition) is 0. The average molecular weight is 310 g/mol. The van der Waals surface area contributed by atoms with Gasteiger partial charge >= 0.3 is 0 Å². The van der Waals surface area contributed by atoms with Crippen molar-refractivity contribution >= 4 is 34.0 Å². The Morgan fingerprint density at radius 1 is 1.35 bits per heavy atom. The number of hydrogen-bond acceptors (Lipinski definition) is 5. The fraction of sp³-hybridized carbons (Fsp3) is 0. The molecule has 0 saturated heterocycles. The van der Waals surface area contributed by atoms with Crippen molar-refractivity contribution in [2.45, 2.75) is 0 Å². The van der Waals surface area contributed by atoms with Crippen LogP contribution in [0.2, 0.25) is 5.02 Å². The summed E-state index contributed by atoms with van der Waals surface area (Å²) in [6.07, 6.45) is 2.27. The van der Waals surface area contributed by atoms with Crippen LogP contribution in [0.15, 0.2) is 34.0 Å². The van der Waals surface area contributed by atoms with Gasteiger partial charge in [-0.15, -0.1) is 0 Å². The first-order valence-electron chi connectivity index (χ1n) is 5.41. The molecule has 0 unspecified atom stereocenters. The van der Waals surface area contributed by atoms with Crippen LogP contribution in [0.1, 0.15) is 5.56 Å². The van der Waals surface area contributed by atoms with E-state index in [1.807, 2.05) is 0 Å². The quantitative estimate of drug-likeness (QED) is 0.668. The Hall–Kier alpha value is -2.12. The second-order valence-electron chi connectivity index (χ2n) is 3.84. The van der Waals surface area contributed by atoms with Crippen molar-refractivity contribution < 1.29 is 4.39 Å². The summed E-state index contributed by atoms with van der Waals surface area (Å²) in [5.41, 5.74) is -0.903. The van der Waals surface area contributed by atoms with E-state index < -0.39 is 16.9 Å². The molecule has 3 rings (SSSR count). The van der Waals surface area contributed by atoms with E-state index in [2.05, 4.69) is 10.1 Å². The zero-order valence-electron chi connectivity index (χ0n) is 9.71. The van der Waals surface area contributed by atoms with Crippen LogP contribution >= 0.6 is 22.9 Å². The van der Waals surface area contributed by atoms with Crippen LogP contribution in [0.3, 0.4) is 0 Å². The third-order valence-electron chi connectivity index (χ3n) is 2.55. The molecule has 1 aromatic carbocycles. The van der Waals surface area contributed by atoms with E-state index in [1.165, 1.54) is 24.3 Å². The third-order valence-corrected chi connectivity index (χ3v) is 3.84. The van der Waals surface area contributed by atoms with Crippen LogP contribution < -0.4 is 15.7 Å². The molecule has 0 atom stereocenters. The normalized spacial score (nSPS) is 12.2. The van der Waals surface area contributed by atoms with E-state index >= 15 is 0 Å². The van der Waals surface area contributed by atoms with Crippen molar-refractivity contribution in [2.75, 3.05) is 0 Å². The van der Waals surface area contributed by atoms with Gasteiger partial charge in [-0.05, 0) is 18.2 Å². The number of halogens is 2. The van der Waals surface area contributed by atoms with Crippen molar-refractivity contribution in [3.05, 3.63) is 66.0 Å². The van der Waals surface area contributed by atoms with Crippen LogP contribution in [-0.2, 0) is 0 Å². The Morgan fingerprint density at radius 2 is 2.15 bits per heavy atom. The standard InChI is InChI=1S/C12H5ClFN3O2S/c13-7-2-1-3-8(14)6(7)4-9-11(19)17-12(20-9)16-10(18)5-15-17/h1-5H. The van der Waals surface area contributed by atoms with Crippen LogP contribution in [0.25, 0.3) is 11.0 Å². The number of nitrogens with zero attached hydrogens (tertiary/aromatic N) is 3. The molecular weight excluding hydrogens is 305 g/mol. The maximum absolute atomic E-state index is 13.7. The molecule has 0 aliphatic carbocycles. The highest BCUT2D eigenvalue weighted by molar-refractivity contribution is 7.15. The average Bonchev–Trinajstić information content (AvgIpc) is 2.70. The van der Waals surface area contributed by atoms with Gasteiger partial charge in [0, 0.05) is 5.56 Å². The summed E-state index contributed by atoms with van der Waals surface area (Å²) >= 11 is 6.85. The largest absolute Gasteiger partial charge is 0.292 e. The Labute approximate surface area is 119 Å². The second-order valence-corrected chi connectivity index (χ2v) is 5.26. The predicted molar refractivity (Wildman–Crippen MR) is 73.6 cm³/mol. The molecule has 2 aromatic heterocycles. The maximum Gasteiger partial charge on any atom is 0.292 e. The summed E-state index contributed by atoms with van der Waals surface area (Å²) in [5, 5.41) is 3.87. The Bertz CT molecular complexity index is 962. The topological polar surface area (TPSA) is 64.3 Å². The zero-order valence-corrected chi connectivity index (χ0v) is 11.3. The van der Waals surface area contributed by atoms with E-state index in [4.69, 9.17) is 11.6 Å². The molecule has 0 saturated carbocycles. The number of benzene rings is 1. The minimum Gasteiger partial charge on any atom is -0.266 e. The van der Waals surface area contributed by atoms with E-state index in [9.17, 15) is 14.0 Å². The first-order valence-corrected chi connectivity index (χ1v) is 6.60. The molecule has 0 aliphatic heterocycles. The van der Waals surface area contributed by atoms with Crippen LogP contribution in [0.4, 0.5) is 4.39 Å². The molecule has 0 radical (unpaired) electrons. The number of fused-ring (bicyclic) bond motifs is 1. The molecule has 0 N–H and O–H groups in total. The molecule has 0 aliphatic rings. The van der Waals surface area contributed by atoms with Crippen LogP contribution in [0, 0.1) is 5.82 Å². The van der Waals surface area contributed by atoms with Crippen molar-refractivity contribution in [2.24, 2.45) is 0 Å². The zero-order chi connectivity index (χ0) is 14.3. The molecule has 0 bridgehead atoms. The fourth-order valence-corrected chi connectivity index (χ4v) is 2.77. The van der Waals surface area contributed by atoms with E-state index in [0.717, 1.165) is 22.0 Å². The van der Waals surface area contributed by atoms with Crippen molar-refractivity contribution in [1.29, 1.82) is 0 Å². The molecule has 100 valence electrons. The van der Waals surface area contributed by atoms with E-state index in [1.54, 1.807) is 0 Å². The summed E-state index contributed by atoms with van der Waals surface area (Å²) in [4.78, 5) is 26.9. The van der Waals surface area contributed by atoms with Gasteiger partial charge < -0.3 is 0 Å². The van der Waals surface area contributed by atoms with E-state index in [0.29, 0.717) is 0 Å². The summed E-state index contributed by atoms with van der Waals surface area (Å²) in [5.74, 6) is -0.537. The molecule has 0 fully saturated rings. The minimum absolute atomic E-state index is 0.112. The minimum atomic E-state index is -0.540. The van der Waals surface area contributed by atoms with Gasteiger partial charge in [0.2, 0.25) is 4.96 Å². The molecule has 0 amide bonds. The first-order chi connectivity index (χ1) is 9.56. The Balaban J connectivity index is 2.35. The lowest BCUT2D eigenvalue weighted by atomic mass is 10.2. The van der Waals surface area contributed by atoms with Gasteiger partial charge in [0.1, 0.15) is 12.0 Å². The smallest absolute Gasteiger partial charge is 0.266 e. The molecule has 3 aromatic rings. The monoisotopic (exact) mass is 309 g/mol. The van der Waals surface area contributed by atoms with Gasteiger partial charge in [0.15, 0.2) is 0 Å². The third kappa shape index (κ3) is 2.10. The predicted octanol–water partition coefficient (Wildman–Crippen LogP) is 0.851. The van der Waals surface area contributed by atoms with Gasteiger partial charge in [-0.1, -0.05) is 29.0 Å². The maximum atomic E-state index is 13.7. The Morgan fingerprint density at radius 3 is 2.90 bits per heavy atom. The van der Waals surface area contributed by atoms with Gasteiger partial charge in [0.05, 0.1) is 9.55 Å². The van der Waals surface area contributed by atoms with Crippen molar-refractivity contribution in [3.8, 4) is 0 Å². The summed E-state index contributed by atoms with van der Waals surface area (Å²) in [6.45, 7) is 0. The van der Waals surface area contributed by atoms with E-state index in [-0.39, 0.29) is 20.1 Å². The van der Waals surface area contributed by atoms with Crippen LogP contribution in [-0.4, -0.2) is 14.6 Å². The fourth-order valence-electron chi connectivity index (χ4n) is 1.65. The highest BCUT2D eigenvalue weighted by atomic mass is 35.5. The lowest BCUT2D eigenvalue weighted by Crippen LogP contribution is -2.25. The first kappa shape index (κ1) is 12.9. The summed E-state index contributed by atoms with van der Waals surface area (Å²) in [6, 6.07) is 4.24. The van der Waals surface area contributed by atoms with Gasteiger partial charge in [-0.2, -0.15) is 14.6 Å². The molecule has 0 spiro atoms.